The van der Waals surface area contributed by atoms with E-state index in [4.69, 9.17) is 4.74 Å². The molecule has 0 atom stereocenters. The zero-order valence-electron chi connectivity index (χ0n) is 10.9. The highest BCUT2D eigenvalue weighted by atomic mass is 16.5. The summed E-state index contributed by atoms with van der Waals surface area (Å²) in [4.78, 5) is 12.0. The van der Waals surface area contributed by atoms with Gasteiger partial charge in [0.2, 0.25) is 5.91 Å². The maximum absolute atomic E-state index is 12.0. The Morgan fingerprint density at radius 2 is 1.88 bits per heavy atom. The van der Waals surface area contributed by atoms with Crippen LogP contribution in [-0.4, -0.2) is 38.3 Å². The Morgan fingerprint density at radius 3 is 2.31 bits per heavy atom. The van der Waals surface area contributed by atoms with E-state index in [9.17, 15) is 4.79 Å². The molecule has 2 N–H and O–H groups in total. The van der Waals surface area contributed by atoms with Crippen LogP contribution in [0.2, 0.25) is 0 Å². The summed E-state index contributed by atoms with van der Waals surface area (Å²) in [6.45, 7) is 8.64. The molecule has 1 aliphatic rings. The van der Waals surface area contributed by atoms with E-state index in [2.05, 4.69) is 31.4 Å². The van der Waals surface area contributed by atoms with Gasteiger partial charge in [-0.15, -0.1) is 0 Å². The fourth-order valence-electron chi connectivity index (χ4n) is 1.88. The van der Waals surface area contributed by atoms with E-state index in [1.807, 2.05) is 0 Å². The number of likely N-dealkylation sites (N-methyl/N-ethyl adjacent to an activating group) is 1. The van der Waals surface area contributed by atoms with Gasteiger partial charge < -0.3 is 15.4 Å². The van der Waals surface area contributed by atoms with E-state index in [0.717, 1.165) is 19.4 Å². The summed E-state index contributed by atoms with van der Waals surface area (Å²) < 4.78 is 5.33. The Balaban J connectivity index is 2.67. The van der Waals surface area contributed by atoms with Crippen LogP contribution in [0.3, 0.4) is 0 Å². The predicted octanol–water partition coefficient (Wildman–Crippen LogP) is 0.917. The molecule has 1 aliphatic heterocycles. The zero-order chi connectivity index (χ0) is 12.2. The van der Waals surface area contributed by atoms with Gasteiger partial charge in [0.15, 0.2) is 0 Å². The van der Waals surface area contributed by atoms with E-state index >= 15 is 0 Å². The van der Waals surface area contributed by atoms with E-state index in [1.54, 1.807) is 7.05 Å². The Bertz CT molecular complexity index is 240. The Morgan fingerprint density at radius 1 is 1.31 bits per heavy atom. The molecule has 0 unspecified atom stereocenters. The summed E-state index contributed by atoms with van der Waals surface area (Å²) in [5.74, 6) is 0.0834. The number of hydrogen-bond donors (Lipinski definition) is 2. The molecule has 1 fully saturated rings. The van der Waals surface area contributed by atoms with Crippen molar-refractivity contribution in [3.8, 4) is 0 Å². The molecule has 16 heavy (non-hydrogen) atoms. The number of hydrogen-bond acceptors (Lipinski definition) is 3. The van der Waals surface area contributed by atoms with E-state index in [1.165, 1.54) is 0 Å². The highest BCUT2D eigenvalue weighted by molar-refractivity contribution is 5.86. The lowest BCUT2D eigenvalue weighted by Gasteiger charge is -2.38. The van der Waals surface area contributed by atoms with Crippen LogP contribution in [0.15, 0.2) is 0 Å². The van der Waals surface area contributed by atoms with Gasteiger partial charge in [-0.3, -0.25) is 4.79 Å². The normalized spacial score (nSPS) is 20.5. The van der Waals surface area contributed by atoms with Crippen molar-refractivity contribution in [2.45, 2.75) is 39.2 Å². The molecule has 1 saturated heterocycles. The van der Waals surface area contributed by atoms with Gasteiger partial charge in [-0.1, -0.05) is 20.8 Å². The fourth-order valence-corrected chi connectivity index (χ4v) is 1.88. The molecule has 94 valence electrons. The average molecular weight is 228 g/mol. The smallest absolute Gasteiger partial charge is 0.240 e. The third-order valence-corrected chi connectivity index (χ3v) is 2.97. The van der Waals surface area contributed by atoms with Crippen molar-refractivity contribution in [2.75, 3.05) is 26.8 Å². The van der Waals surface area contributed by atoms with Gasteiger partial charge in [0.1, 0.15) is 5.54 Å². The summed E-state index contributed by atoms with van der Waals surface area (Å²) in [6, 6.07) is 0. The summed E-state index contributed by atoms with van der Waals surface area (Å²) in [5, 5.41) is 6.19. The molecule has 0 aromatic carbocycles. The highest BCUT2D eigenvalue weighted by Gasteiger charge is 2.39. The van der Waals surface area contributed by atoms with Crippen LogP contribution in [-0.2, 0) is 9.53 Å². The van der Waals surface area contributed by atoms with Gasteiger partial charge in [0.05, 0.1) is 0 Å². The average Bonchev–Trinajstić information content (AvgIpc) is 2.25. The molecule has 0 aliphatic carbocycles. The number of rotatable bonds is 3. The third kappa shape index (κ3) is 3.46. The van der Waals surface area contributed by atoms with E-state index < -0.39 is 5.54 Å². The molecule has 0 saturated carbocycles. The maximum Gasteiger partial charge on any atom is 0.240 e. The minimum absolute atomic E-state index is 0.0834. The van der Waals surface area contributed by atoms with Crippen LogP contribution in [0.25, 0.3) is 0 Å². The number of carbonyl (C=O) groups is 1. The Labute approximate surface area is 98.1 Å². The number of amides is 1. The van der Waals surface area contributed by atoms with E-state index in [-0.39, 0.29) is 11.3 Å². The lowest BCUT2D eigenvalue weighted by Crippen LogP contribution is -2.60. The summed E-state index contributed by atoms with van der Waals surface area (Å²) in [6.07, 6.45) is 1.51. The van der Waals surface area contributed by atoms with Crippen molar-refractivity contribution in [1.29, 1.82) is 0 Å². The summed E-state index contributed by atoms with van der Waals surface area (Å²) >= 11 is 0. The number of ether oxygens (including phenoxy) is 1. The standard InChI is InChI=1S/C12H24N2O2/c1-11(2,3)9-14-12(10(15)13-4)5-7-16-8-6-12/h14H,5-9H2,1-4H3,(H,13,15). The lowest BCUT2D eigenvalue weighted by molar-refractivity contribution is -0.131. The molecule has 0 aromatic rings. The first-order valence-electron chi connectivity index (χ1n) is 5.95. The number of nitrogens with one attached hydrogen (secondary N) is 2. The summed E-state index contributed by atoms with van der Waals surface area (Å²) in [5.41, 5.74) is -0.250. The molecule has 4 heteroatoms. The van der Waals surface area contributed by atoms with Crippen LogP contribution >= 0.6 is 0 Å². The van der Waals surface area contributed by atoms with Crippen molar-refractivity contribution in [1.82, 2.24) is 10.6 Å². The molecule has 4 nitrogen and oxygen atoms in total. The molecule has 0 bridgehead atoms. The topological polar surface area (TPSA) is 50.4 Å². The molecular formula is C12H24N2O2. The van der Waals surface area contributed by atoms with Crippen molar-refractivity contribution >= 4 is 5.91 Å². The molecule has 1 amide bonds. The van der Waals surface area contributed by atoms with Crippen LogP contribution < -0.4 is 10.6 Å². The Kier molecular flexibility index (Phi) is 4.33. The molecule has 0 spiro atoms. The molecule has 0 aromatic heterocycles. The first-order chi connectivity index (χ1) is 7.40. The van der Waals surface area contributed by atoms with E-state index in [0.29, 0.717) is 13.2 Å². The van der Waals surface area contributed by atoms with Crippen LogP contribution in [0.5, 0.6) is 0 Å². The van der Waals surface area contributed by atoms with Gasteiger partial charge in [0, 0.05) is 26.8 Å². The zero-order valence-corrected chi connectivity index (χ0v) is 10.9. The van der Waals surface area contributed by atoms with Gasteiger partial charge in [-0.05, 0) is 18.3 Å². The first kappa shape index (κ1) is 13.5. The maximum atomic E-state index is 12.0. The van der Waals surface area contributed by atoms with Crippen molar-refractivity contribution in [2.24, 2.45) is 5.41 Å². The highest BCUT2D eigenvalue weighted by Crippen LogP contribution is 2.23. The second-order valence-electron chi connectivity index (χ2n) is 5.69. The van der Waals surface area contributed by atoms with Gasteiger partial charge in [-0.2, -0.15) is 0 Å². The predicted molar refractivity (Wildman–Crippen MR) is 64.3 cm³/mol. The van der Waals surface area contributed by atoms with Gasteiger partial charge >= 0.3 is 0 Å². The van der Waals surface area contributed by atoms with Crippen LogP contribution in [0, 0.1) is 5.41 Å². The fraction of sp³-hybridized carbons (Fsp3) is 0.917. The summed E-state index contributed by atoms with van der Waals surface area (Å²) in [7, 11) is 1.69. The molecule has 1 heterocycles. The monoisotopic (exact) mass is 228 g/mol. The minimum atomic E-state index is -0.430. The number of carbonyl (C=O) groups excluding carboxylic acids is 1. The van der Waals surface area contributed by atoms with Gasteiger partial charge in [-0.25, -0.2) is 0 Å². The first-order valence-corrected chi connectivity index (χ1v) is 5.95. The van der Waals surface area contributed by atoms with Crippen LogP contribution in [0.4, 0.5) is 0 Å². The molecular weight excluding hydrogens is 204 g/mol. The van der Waals surface area contributed by atoms with Gasteiger partial charge in [0.25, 0.3) is 0 Å². The quantitative estimate of drug-likeness (QED) is 0.755. The van der Waals surface area contributed by atoms with Crippen LogP contribution in [0.1, 0.15) is 33.6 Å². The second kappa shape index (κ2) is 5.15. The molecule has 0 radical (unpaired) electrons. The SMILES string of the molecule is CNC(=O)C1(NCC(C)(C)C)CCOCC1. The second-order valence-corrected chi connectivity index (χ2v) is 5.69. The minimum Gasteiger partial charge on any atom is -0.381 e. The lowest BCUT2D eigenvalue weighted by atomic mass is 9.86. The largest absolute Gasteiger partial charge is 0.381 e. The van der Waals surface area contributed by atoms with Crippen molar-refractivity contribution < 1.29 is 9.53 Å². The third-order valence-electron chi connectivity index (χ3n) is 2.97. The molecule has 1 rings (SSSR count). The van der Waals surface area contributed by atoms with Crippen molar-refractivity contribution in [3.63, 3.8) is 0 Å². The van der Waals surface area contributed by atoms with Crippen molar-refractivity contribution in [3.05, 3.63) is 0 Å². The Hall–Kier alpha value is -0.610.